The number of ether oxygens (including phenoxy) is 2. The van der Waals surface area contributed by atoms with Gasteiger partial charge in [0.15, 0.2) is 11.6 Å². The zero-order valence-electron chi connectivity index (χ0n) is 18.7. The Labute approximate surface area is 186 Å². The summed E-state index contributed by atoms with van der Waals surface area (Å²) in [7, 11) is 0. The highest BCUT2D eigenvalue weighted by Crippen LogP contribution is 2.49. The van der Waals surface area contributed by atoms with Gasteiger partial charge in [0.2, 0.25) is 11.7 Å². The van der Waals surface area contributed by atoms with E-state index < -0.39 is 47.2 Å². The molecule has 0 aromatic heterocycles. The van der Waals surface area contributed by atoms with Gasteiger partial charge in [-0.3, -0.25) is 9.59 Å². The zero-order chi connectivity index (χ0) is 23.8. The Hall–Kier alpha value is -3.00. The third kappa shape index (κ3) is 4.60. The minimum Gasteiger partial charge on any atom is -0.488 e. The quantitative estimate of drug-likeness (QED) is 0.689. The lowest BCUT2D eigenvalue weighted by molar-refractivity contribution is -0.131. The molecule has 0 spiro atoms. The van der Waals surface area contributed by atoms with Crippen molar-refractivity contribution in [2.24, 2.45) is 11.7 Å². The van der Waals surface area contributed by atoms with Gasteiger partial charge in [0.25, 0.3) is 5.91 Å². The molecular formula is C24H28F2N2O4. The molecule has 32 heavy (non-hydrogen) atoms. The van der Waals surface area contributed by atoms with Crippen molar-refractivity contribution in [2.75, 3.05) is 5.32 Å². The second-order valence-electron chi connectivity index (χ2n) is 8.84. The summed E-state index contributed by atoms with van der Waals surface area (Å²) in [5, 5.41) is 2.74. The van der Waals surface area contributed by atoms with Crippen LogP contribution in [0.3, 0.4) is 0 Å². The van der Waals surface area contributed by atoms with Gasteiger partial charge in [-0.05, 0) is 57.9 Å². The van der Waals surface area contributed by atoms with Crippen LogP contribution in [-0.4, -0.2) is 29.6 Å². The SMILES string of the molecule is CC(C)Oc1c([C@H]2[C@H](C(=O)Nc3cccc(C(N)=O)c3)OC(C)(C)[C@H]2C)ccc(F)c1F. The minimum atomic E-state index is -1.10. The van der Waals surface area contributed by atoms with Crippen LogP contribution in [0.5, 0.6) is 5.75 Å². The Bertz CT molecular complexity index is 1040. The molecule has 2 amide bonds. The van der Waals surface area contributed by atoms with Crippen molar-refractivity contribution in [3.8, 4) is 5.75 Å². The number of hydrogen-bond acceptors (Lipinski definition) is 4. The predicted molar refractivity (Wildman–Crippen MR) is 117 cm³/mol. The van der Waals surface area contributed by atoms with E-state index >= 15 is 0 Å². The van der Waals surface area contributed by atoms with Gasteiger partial charge in [-0.2, -0.15) is 4.39 Å². The summed E-state index contributed by atoms with van der Waals surface area (Å²) >= 11 is 0. The molecular weight excluding hydrogens is 418 g/mol. The Kier molecular flexibility index (Phi) is 6.55. The molecule has 0 bridgehead atoms. The molecule has 2 aromatic carbocycles. The number of nitrogens with two attached hydrogens (primary N) is 1. The van der Waals surface area contributed by atoms with Crippen molar-refractivity contribution in [2.45, 2.75) is 58.3 Å². The van der Waals surface area contributed by atoms with Gasteiger partial charge < -0.3 is 20.5 Å². The van der Waals surface area contributed by atoms with Crippen molar-refractivity contribution >= 4 is 17.5 Å². The van der Waals surface area contributed by atoms with Crippen LogP contribution in [0.4, 0.5) is 14.5 Å². The first-order valence-electron chi connectivity index (χ1n) is 10.5. The number of carbonyl (C=O) groups excluding carboxylic acids is 2. The first kappa shape index (κ1) is 23.7. The second-order valence-corrected chi connectivity index (χ2v) is 8.84. The van der Waals surface area contributed by atoms with Crippen LogP contribution in [0.15, 0.2) is 36.4 Å². The number of amides is 2. The summed E-state index contributed by atoms with van der Waals surface area (Å²) in [5.41, 5.74) is 5.57. The van der Waals surface area contributed by atoms with Gasteiger partial charge in [-0.1, -0.05) is 19.1 Å². The molecule has 2 aromatic rings. The lowest BCUT2D eigenvalue weighted by atomic mass is 9.78. The molecule has 3 N–H and O–H groups in total. The number of rotatable bonds is 6. The first-order chi connectivity index (χ1) is 14.9. The molecule has 1 heterocycles. The van der Waals surface area contributed by atoms with Crippen molar-refractivity contribution in [3.63, 3.8) is 0 Å². The van der Waals surface area contributed by atoms with Crippen LogP contribution in [0.25, 0.3) is 0 Å². The van der Waals surface area contributed by atoms with E-state index in [1.807, 2.05) is 20.8 Å². The molecule has 1 saturated heterocycles. The number of hydrogen-bond donors (Lipinski definition) is 2. The maximum atomic E-state index is 14.7. The fourth-order valence-corrected chi connectivity index (χ4v) is 3.98. The van der Waals surface area contributed by atoms with E-state index in [1.54, 1.807) is 26.0 Å². The number of primary amides is 1. The molecule has 172 valence electrons. The van der Waals surface area contributed by atoms with Gasteiger partial charge in [-0.15, -0.1) is 0 Å². The van der Waals surface area contributed by atoms with Crippen molar-refractivity contribution in [1.82, 2.24) is 0 Å². The highest BCUT2D eigenvalue weighted by molar-refractivity contribution is 5.98. The number of nitrogens with one attached hydrogen (secondary N) is 1. The third-order valence-electron chi connectivity index (χ3n) is 5.86. The number of benzene rings is 2. The van der Waals surface area contributed by atoms with Crippen LogP contribution in [0, 0.1) is 17.6 Å². The Morgan fingerprint density at radius 2 is 1.88 bits per heavy atom. The van der Waals surface area contributed by atoms with E-state index in [2.05, 4.69) is 5.32 Å². The Morgan fingerprint density at radius 1 is 1.19 bits per heavy atom. The average Bonchev–Trinajstić information content (AvgIpc) is 2.95. The third-order valence-corrected chi connectivity index (χ3v) is 5.86. The molecule has 3 rings (SSSR count). The fourth-order valence-electron chi connectivity index (χ4n) is 3.98. The van der Waals surface area contributed by atoms with Gasteiger partial charge in [0, 0.05) is 22.7 Å². The lowest BCUT2D eigenvalue weighted by Gasteiger charge is -2.26. The maximum Gasteiger partial charge on any atom is 0.254 e. The molecule has 6 nitrogen and oxygen atoms in total. The molecule has 0 saturated carbocycles. The van der Waals surface area contributed by atoms with E-state index in [0.717, 1.165) is 6.07 Å². The number of carbonyl (C=O) groups is 2. The van der Waals surface area contributed by atoms with E-state index in [4.69, 9.17) is 15.2 Å². The van der Waals surface area contributed by atoms with E-state index in [1.165, 1.54) is 18.2 Å². The maximum absolute atomic E-state index is 14.7. The van der Waals surface area contributed by atoms with Gasteiger partial charge >= 0.3 is 0 Å². The first-order valence-corrected chi connectivity index (χ1v) is 10.5. The summed E-state index contributed by atoms with van der Waals surface area (Å²) in [4.78, 5) is 24.7. The van der Waals surface area contributed by atoms with Gasteiger partial charge in [0.1, 0.15) is 6.10 Å². The highest BCUT2D eigenvalue weighted by Gasteiger charge is 2.51. The van der Waals surface area contributed by atoms with E-state index in [9.17, 15) is 18.4 Å². The monoisotopic (exact) mass is 446 g/mol. The number of anilines is 1. The van der Waals surface area contributed by atoms with Crippen LogP contribution >= 0.6 is 0 Å². The van der Waals surface area contributed by atoms with Crippen molar-refractivity contribution < 1.29 is 27.8 Å². The molecule has 8 heteroatoms. The topological polar surface area (TPSA) is 90.6 Å². The lowest BCUT2D eigenvalue weighted by Crippen LogP contribution is -2.33. The normalized spacial score (nSPS) is 22.1. The summed E-state index contributed by atoms with van der Waals surface area (Å²) in [5.74, 6) is -4.27. The van der Waals surface area contributed by atoms with Crippen LogP contribution in [0.1, 0.15) is 56.5 Å². The smallest absolute Gasteiger partial charge is 0.254 e. The minimum absolute atomic E-state index is 0.216. The second kappa shape index (κ2) is 8.86. The van der Waals surface area contributed by atoms with Crippen LogP contribution in [-0.2, 0) is 9.53 Å². The summed E-state index contributed by atoms with van der Waals surface area (Å²) in [6, 6.07) is 8.68. The number of halogens is 2. The molecule has 0 unspecified atom stereocenters. The van der Waals surface area contributed by atoms with Crippen molar-refractivity contribution in [3.05, 3.63) is 59.2 Å². The molecule has 0 aliphatic carbocycles. The molecule has 1 aliphatic rings. The van der Waals surface area contributed by atoms with Crippen molar-refractivity contribution in [1.29, 1.82) is 0 Å². The zero-order valence-corrected chi connectivity index (χ0v) is 18.7. The molecule has 1 aliphatic heterocycles. The van der Waals surface area contributed by atoms with Gasteiger partial charge in [0.05, 0.1) is 11.7 Å². The summed E-state index contributed by atoms with van der Waals surface area (Å²) in [6.07, 6.45) is -1.41. The van der Waals surface area contributed by atoms with Crippen LogP contribution < -0.4 is 15.8 Å². The molecule has 0 radical (unpaired) electrons. The van der Waals surface area contributed by atoms with Crippen LogP contribution in [0.2, 0.25) is 0 Å². The molecule has 3 atom stereocenters. The predicted octanol–water partition coefficient (Wildman–Crippen LogP) is 4.39. The summed E-state index contributed by atoms with van der Waals surface area (Å²) < 4.78 is 40.4. The molecule has 1 fully saturated rings. The van der Waals surface area contributed by atoms with E-state index in [-0.39, 0.29) is 17.2 Å². The fraction of sp³-hybridized carbons (Fsp3) is 0.417. The highest BCUT2D eigenvalue weighted by atomic mass is 19.2. The van der Waals surface area contributed by atoms with E-state index in [0.29, 0.717) is 11.3 Å². The Morgan fingerprint density at radius 3 is 2.50 bits per heavy atom. The largest absolute Gasteiger partial charge is 0.488 e. The Balaban J connectivity index is 2.01. The van der Waals surface area contributed by atoms with Gasteiger partial charge in [-0.25, -0.2) is 4.39 Å². The average molecular weight is 446 g/mol. The summed E-state index contributed by atoms with van der Waals surface area (Å²) in [6.45, 7) is 9.00. The standard InChI is InChI=1S/C24H28F2N2O4/c1-12(2)31-20-16(9-10-17(25)19(20)26)18-13(3)24(4,5)32-21(18)23(30)28-15-8-6-7-14(11-15)22(27)29/h6-13,18,21H,1-5H3,(H2,27,29)(H,28,30)/t13-,18-,21+/m0/s1.